The van der Waals surface area contributed by atoms with Crippen molar-refractivity contribution in [1.29, 1.82) is 0 Å². The fraction of sp³-hybridized carbons (Fsp3) is 0.182. The second kappa shape index (κ2) is 8.40. The van der Waals surface area contributed by atoms with Crippen LogP contribution in [0.5, 0.6) is 5.75 Å². The van der Waals surface area contributed by atoms with Crippen molar-refractivity contribution < 1.29 is 18.7 Å². The van der Waals surface area contributed by atoms with Crippen molar-refractivity contribution in [2.45, 2.75) is 13.3 Å². The molecule has 1 aromatic heterocycles. The number of halogens is 2. The van der Waals surface area contributed by atoms with Crippen molar-refractivity contribution in [2.75, 3.05) is 14.2 Å². The smallest absolute Gasteiger partial charge is 0.339 e. The number of esters is 1. The molecule has 0 saturated carbocycles. The van der Waals surface area contributed by atoms with Crippen LogP contribution < -0.4 is 4.74 Å². The highest BCUT2D eigenvalue weighted by Gasteiger charge is 2.21. The first-order chi connectivity index (χ1) is 13.5. The van der Waals surface area contributed by atoms with Gasteiger partial charge in [-0.2, -0.15) is 0 Å². The fourth-order valence-electron chi connectivity index (χ4n) is 3.07. The molecule has 0 aliphatic rings. The first-order valence-corrected chi connectivity index (χ1v) is 8.99. The van der Waals surface area contributed by atoms with Gasteiger partial charge < -0.3 is 9.47 Å². The monoisotopic (exact) mass is 399 g/mol. The highest BCUT2D eigenvalue weighted by molar-refractivity contribution is 6.31. The number of hydrogen-bond donors (Lipinski definition) is 0. The van der Waals surface area contributed by atoms with Crippen LogP contribution in [0.2, 0.25) is 5.02 Å². The average molecular weight is 400 g/mol. The normalized spacial score (nSPS) is 10.6. The lowest BCUT2D eigenvalue weighted by molar-refractivity contribution is 0.0598. The number of hydrogen-bond acceptors (Lipinski definition) is 4. The maximum atomic E-state index is 14.8. The number of benzene rings is 2. The van der Waals surface area contributed by atoms with Crippen molar-refractivity contribution in [2.24, 2.45) is 0 Å². The number of aryl methyl sites for hydroxylation is 1. The number of carbonyl (C=O) groups is 1. The molecule has 0 aliphatic heterocycles. The third-order valence-corrected chi connectivity index (χ3v) is 4.82. The Balaban J connectivity index is 2.19. The van der Waals surface area contributed by atoms with E-state index in [0.717, 1.165) is 5.56 Å². The van der Waals surface area contributed by atoms with Crippen LogP contribution in [-0.4, -0.2) is 25.2 Å². The van der Waals surface area contributed by atoms with Gasteiger partial charge in [-0.25, -0.2) is 9.18 Å². The lowest BCUT2D eigenvalue weighted by atomic mass is 9.98. The topological polar surface area (TPSA) is 48.4 Å². The van der Waals surface area contributed by atoms with Gasteiger partial charge in [0.2, 0.25) is 0 Å². The zero-order valence-electron chi connectivity index (χ0n) is 15.8. The molecular weight excluding hydrogens is 381 g/mol. The molecule has 0 bridgehead atoms. The Morgan fingerprint density at radius 2 is 1.89 bits per heavy atom. The Morgan fingerprint density at radius 3 is 2.57 bits per heavy atom. The molecule has 3 aromatic rings. The van der Waals surface area contributed by atoms with Gasteiger partial charge in [-0.1, -0.05) is 35.9 Å². The van der Waals surface area contributed by atoms with Gasteiger partial charge in [0.05, 0.1) is 31.2 Å². The Hall–Kier alpha value is -2.92. The van der Waals surface area contributed by atoms with E-state index in [4.69, 9.17) is 21.1 Å². The number of aromatic nitrogens is 1. The molecule has 1 heterocycles. The largest absolute Gasteiger partial charge is 0.494 e. The molecule has 0 N–H and O–H groups in total. The van der Waals surface area contributed by atoms with Crippen molar-refractivity contribution in [3.63, 3.8) is 0 Å². The molecule has 28 heavy (non-hydrogen) atoms. The first kappa shape index (κ1) is 19.8. The van der Waals surface area contributed by atoms with Gasteiger partial charge in [-0.3, -0.25) is 4.98 Å². The molecule has 3 rings (SSSR count). The van der Waals surface area contributed by atoms with E-state index >= 15 is 0 Å². The Labute approximate surface area is 167 Å². The van der Waals surface area contributed by atoms with Crippen molar-refractivity contribution in [1.82, 2.24) is 4.98 Å². The molecule has 0 radical (unpaired) electrons. The van der Waals surface area contributed by atoms with Crippen LogP contribution in [-0.2, 0) is 11.2 Å². The predicted octanol–water partition coefficient (Wildman–Crippen LogP) is 5.24. The van der Waals surface area contributed by atoms with E-state index in [9.17, 15) is 9.18 Å². The van der Waals surface area contributed by atoms with Gasteiger partial charge >= 0.3 is 5.97 Å². The van der Waals surface area contributed by atoms with Crippen molar-refractivity contribution >= 4 is 17.6 Å². The molecule has 0 fully saturated rings. The standard InChI is InChI=1S/C22H19ClFNO3/c1-13-11-17(15-8-6-10-19(27-2)21(15)24)25-18(20(13)22(26)28-3)12-14-7-4-5-9-16(14)23/h4-11H,12H2,1-3H3. The Bertz CT molecular complexity index is 1040. The van der Waals surface area contributed by atoms with Gasteiger partial charge in [-0.15, -0.1) is 0 Å². The summed E-state index contributed by atoms with van der Waals surface area (Å²) < 4.78 is 24.8. The van der Waals surface area contributed by atoms with E-state index < -0.39 is 11.8 Å². The van der Waals surface area contributed by atoms with E-state index in [-0.39, 0.29) is 5.75 Å². The summed E-state index contributed by atoms with van der Waals surface area (Å²) in [5, 5.41) is 0.565. The average Bonchev–Trinajstić information content (AvgIpc) is 2.69. The minimum Gasteiger partial charge on any atom is -0.494 e. The highest BCUT2D eigenvalue weighted by Crippen LogP contribution is 2.31. The van der Waals surface area contributed by atoms with E-state index in [2.05, 4.69) is 4.98 Å². The Morgan fingerprint density at radius 1 is 1.14 bits per heavy atom. The molecule has 0 aliphatic carbocycles. The summed E-state index contributed by atoms with van der Waals surface area (Å²) in [5.74, 6) is -0.877. The van der Waals surface area contributed by atoms with E-state index in [0.29, 0.717) is 39.5 Å². The number of ether oxygens (including phenoxy) is 2. The van der Waals surface area contributed by atoms with Gasteiger partial charge in [0, 0.05) is 17.0 Å². The fourth-order valence-corrected chi connectivity index (χ4v) is 3.28. The van der Waals surface area contributed by atoms with Crippen LogP contribution in [0.3, 0.4) is 0 Å². The minimum absolute atomic E-state index is 0.127. The van der Waals surface area contributed by atoms with Gasteiger partial charge in [0.15, 0.2) is 11.6 Å². The summed E-state index contributed by atoms with van der Waals surface area (Å²) in [6.07, 6.45) is 0.310. The second-order valence-corrected chi connectivity index (χ2v) is 6.63. The second-order valence-electron chi connectivity index (χ2n) is 6.23. The molecule has 0 atom stereocenters. The van der Waals surface area contributed by atoms with E-state index in [1.54, 1.807) is 37.3 Å². The number of pyridine rings is 1. The molecule has 0 unspecified atom stereocenters. The van der Waals surface area contributed by atoms with Gasteiger partial charge in [0.25, 0.3) is 0 Å². The van der Waals surface area contributed by atoms with Crippen LogP contribution in [0.1, 0.15) is 27.2 Å². The summed E-state index contributed by atoms with van der Waals surface area (Å²) in [6, 6.07) is 13.8. The molecule has 0 spiro atoms. The lowest BCUT2D eigenvalue weighted by Crippen LogP contribution is -2.12. The third-order valence-electron chi connectivity index (χ3n) is 4.46. The van der Waals surface area contributed by atoms with Crippen molar-refractivity contribution in [3.05, 3.63) is 81.8 Å². The SMILES string of the molecule is COC(=O)c1c(C)cc(-c2cccc(OC)c2F)nc1Cc1ccccc1Cl. The van der Waals surface area contributed by atoms with Gasteiger partial charge in [0.1, 0.15) is 0 Å². The molecule has 2 aromatic carbocycles. The molecule has 6 heteroatoms. The molecule has 0 saturated heterocycles. The number of carbonyl (C=O) groups excluding carboxylic acids is 1. The number of nitrogens with zero attached hydrogens (tertiary/aromatic N) is 1. The van der Waals surface area contributed by atoms with Crippen LogP contribution in [0, 0.1) is 12.7 Å². The summed E-state index contributed by atoms with van der Waals surface area (Å²) in [6.45, 7) is 1.77. The molecule has 144 valence electrons. The predicted molar refractivity (Wildman–Crippen MR) is 107 cm³/mol. The zero-order valence-corrected chi connectivity index (χ0v) is 16.5. The van der Waals surface area contributed by atoms with E-state index in [1.165, 1.54) is 14.2 Å². The minimum atomic E-state index is -0.508. The Kier molecular flexibility index (Phi) is 5.95. The van der Waals surface area contributed by atoms with E-state index in [1.807, 2.05) is 18.2 Å². The van der Waals surface area contributed by atoms with Crippen molar-refractivity contribution in [3.8, 4) is 17.0 Å². The van der Waals surface area contributed by atoms with Crippen LogP contribution in [0.4, 0.5) is 4.39 Å². The first-order valence-electron chi connectivity index (χ1n) is 8.61. The quantitative estimate of drug-likeness (QED) is 0.551. The maximum Gasteiger partial charge on any atom is 0.339 e. The summed E-state index contributed by atoms with van der Waals surface area (Å²) >= 11 is 6.28. The zero-order chi connectivity index (χ0) is 20.3. The molecule has 4 nitrogen and oxygen atoms in total. The summed E-state index contributed by atoms with van der Waals surface area (Å²) in [5.41, 5.74) is 2.97. The van der Waals surface area contributed by atoms with Crippen LogP contribution in [0.25, 0.3) is 11.3 Å². The van der Waals surface area contributed by atoms with Gasteiger partial charge in [-0.05, 0) is 42.3 Å². The lowest BCUT2D eigenvalue weighted by Gasteiger charge is -2.15. The van der Waals surface area contributed by atoms with Crippen LogP contribution in [0.15, 0.2) is 48.5 Å². The van der Waals surface area contributed by atoms with Crippen LogP contribution >= 0.6 is 11.6 Å². The summed E-state index contributed by atoms with van der Waals surface area (Å²) in [4.78, 5) is 16.9. The maximum absolute atomic E-state index is 14.8. The third kappa shape index (κ3) is 3.85. The molecule has 0 amide bonds. The molecular formula is C22H19ClFNO3. The number of rotatable bonds is 5. The number of methoxy groups -OCH3 is 2. The highest BCUT2D eigenvalue weighted by atomic mass is 35.5. The summed E-state index contributed by atoms with van der Waals surface area (Å²) in [7, 11) is 2.72.